The molecule has 220 valence electrons. The number of hydrogen-bond donors (Lipinski definition) is 0. The maximum absolute atomic E-state index is 13.9. The molecule has 1 aliphatic heterocycles. The lowest BCUT2D eigenvalue weighted by Gasteiger charge is -2.25. The van der Waals surface area contributed by atoms with Crippen molar-refractivity contribution in [3.8, 4) is 22.8 Å². The average molecular weight is 640 g/mol. The molecule has 4 aromatic rings. The zero-order chi connectivity index (χ0) is 30.8. The molecule has 3 heterocycles. The van der Waals surface area contributed by atoms with Gasteiger partial charge in [-0.3, -0.25) is 14.2 Å². The van der Waals surface area contributed by atoms with Gasteiger partial charge in [0.05, 0.1) is 39.0 Å². The molecule has 0 saturated carbocycles. The first-order chi connectivity index (χ1) is 20.6. The van der Waals surface area contributed by atoms with Crippen LogP contribution in [0.4, 0.5) is 0 Å². The first-order valence-corrected chi connectivity index (χ1v) is 14.4. The third-order valence-corrected chi connectivity index (χ3v) is 8.25. The summed E-state index contributed by atoms with van der Waals surface area (Å²) in [6.45, 7) is 6.52. The van der Waals surface area contributed by atoms with Crippen LogP contribution in [0.15, 0.2) is 86.7 Å². The monoisotopic (exact) mass is 638 g/mol. The fourth-order valence-corrected chi connectivity index (χ4v) is 6.02. The summed E-state index contributed by atoms with van der Waals surface area (Å²) in [5.41, 5.74) is 1.26. The van der Waals surface area contributed by atoms with E-state index in [1.165, 1.54) is 24.7 Å². The van der Waals surface area contributed by atoms with Crippen LogP contribution in [0.3, 0.4) is 0 Å². The van der Waals surface area contributed by atoms with Gasteiger partial charge in [0, 0.05) is 18.6 Å². The van der Waals surface area contributed by atoms with Crippen molar-refractivity contribution in [2.45, 2.75) is 19.9 Å². The van der Waals surface area contributed by atoms with Gasteiger partial charge in [-0.25, -0.2) is 9.79 Å². The number of aromatic nitrogens is 1. The number of thiazole rings is 1. The largest absolute Gasteiger partial charge is 0.493 e. The first kappa shape index (κ1) is 30.1. The van der Waals surface area contributed by atoms with Crippen molar-refractivity contribution >= 4 is 52.6 Å². The van der Waals surface area contributed by atoms with Crippen molar-refractivity contribution < 1.29 is 28.2 Å². The minimum absolute atomic E-state index is 0.0288. The second-order valence-corrected chi connectivity index (χ2v) is 11.1. The second-order valence-electron chi connectivity index (χ2n) is 9.28. The second kappa shape index (κ2) is 12.5. The van der Waals surface area contributed by atoms with Crippen molar-refractivity contribution in [2.75, 3.05) is 13.7 Å². The summed E-state index contributed by atoms with van der Waals surface area (Å²) in [7, 11) is 1.42. The Labute approximate surface area is 259 Å². The number of carbonyl (C=O) groups excluding carboxylic acids is 2. The van der Waals surface area contributed by atoms with Crippen LogP contribution in [0.25, 0.3) is 17.4 Å². The highest BCUT2D eigenvalue weighted by atomic mass is 35.5. The molecule has 43 heavy (non-hydrogen) atoms. The standard InChI is InChI=1S/C31H24Cl2N2O7S/c1-5-13-40-30(38)26-16(2)34-31-35(28(26)18-9-11-23(41-17(3)36)24(14-18)39-4)29(37)25(43-31)15-19-10-12-22(42-19)20-7-6-8-21(32)27(20)33/h5-12,14-15,28H,1,13H2,2-4H3/b25-15-. The number of fused-ring (bicyclic) bond motifs is 1. The molecule has 0 N–H and O–H groups in total. The van der Waals surface area contributed by atoms with Crippen molar-refractivity contribution in [2.24, 2.45) is 4.99 Å². The summed E-state index contributed by atoms with van der Waals surface area (Å²) >= 11 is 13.7. The molecular formula is C31H24Cl2N2O7S. The van der Waals surface area contributed by atoms with Gasteiger partial charge in [-0.15, -0.1) is 0 Å². The highest BCUT2D eigenvalue weighted by Crippen LogP contribution is 2.37. The molecule has 2 aromatic heterocycles. The summed E-state index contributed by atoms with van der Waals surface area (Å²) in [6, 6.07) is 12.5. The number of halogens is 2. The number of rotatable bonds is 8. The van der Waals surface area contributed by atoms with E-state index in [4.69, 9.17) is 41.8 Å². The van der Waals surface area contributed by atoms with Crippen molar-refractivity contribution in [3.05, 3.63) is 114 Å². The minimum Gasteiger partial charge on any atom is -0.493 e. The molecule has 2 aromatic carbocycles. The van der Waals surface area contributed by atoms with Crippen molar-refractivity contribution in [3.63, 3.8) is 0 Å². The van der Waals surface area contributed by atoms with Crippen LogP contribution in [-0.2, 0) is 14.3 Å². The Kier molecular flexibility index (Phi) is 8.72. The molecule has 9 nitrogen and oxygen atoms in total. The van der Waals surface area contributed by atoms with Crippen molar-refractivity contribution in [1.29, 1.82) is 0 Å². The number of carbonyl (C=O) groups is 2. The Morgan fingerprint density at radius 1 is 1.16 bits per heavy atom. The number of ether oxygens (including phenoxy) is 3. The fourth-order valence-electron chi connectivity index (χ4n) is 4.60. The Bertz CT molecular complexity index is 1990. The molecule has 1 atom stereocenters. The van der Waals surface area contributed by atoms with Gasteiger partial charge in [-0.05, 0) is 48.9 Å². The molecule has 12 heteroatoms. The third kappa shape index (κ3) is 5.94. The van der Waals surface area contributed by atoms with E-state index in [0.717, 1.165) is 11.3 Å². The highest BCUT2D eigenvalue weighted by Gasteiger charge is 2.34. The Morgan fingerprint density at radius 3 is 2.67 bits per heavy atom. The maximum atomic E-state index is 13.9. The van der Waals surface area contributed by atoms with E-state index in [1.807, 2.05) is 0 Å². The predicted molar refractivity (Wildman–Crippen MR) is 163 cm³/mol. The van der Waals surface area contributed by atoms with Crippen LogP contribution in [-0.4, -0.2) is 30.2 Å². The molecule has 0 bridgehead atoms. The van der Waals surface area contributed by atoms with Crippen LogP contribution in [0.1, 0.15) is 31.2 Å². The molecule has 0 radical (unpaired) electrons. The van der Waals surface area contributed by atoms with Crippen LogP contribution in [0.5, 0.6) is 11.5 Å². The zero-order valence-electron chi connectivity index (χ0n) is 23.2. The number of furan rings is 1. The van der Waals surface area contributed by atoms with Gasteiger partial charge in [-0.1, -0.05) is 59.3 Å². The zero-order valence-corrected chi connectivity index (χ0v) is 25.5. The topological polar surface area (TPSA) is 109 Å². The molecule has 5 rings (SSSR count). The van der Waals surface area contributed by atoms with Crippen LogP contribution >= 0.6 is 34.5 Å². The summed E-state index contributed by atoms with van der Waals surface area (Å²) < 4.78 is 23.8. The van der Waals surface area contributed by atoms with E-state index in [2.05, 4.69) is 11.6 Å². The van der Waals surface area contributed by atoms with Gasteiger partial charge in [-0.2, -0.15) is 0 Å². The van der Waals surface area contributed by atoms with E-state index in [9.17, 15) is 14.4 Å². The normalized spacial score (nSPS) is 14.6. The van der Waals surface area contributed by atoms with E-state index in [1.54, 1.807) is 61.5 Å². The Hall–Kier alpha value is -4.38. The van der Waals surface area contributed by atoms with Crippen molar-refractivity contribution in [1.82, 2.24) is 4.57 Å². The lowest BCUT2D eigenvalue weighted by Crippen LogP contribution is -2.40. The number of nitrogens with zero attached hydrogens (tertiary/aromatic N) is 2. The third-order valence-electron chi connectivity index (χ3n) is 6.45. The van der Waals surface area contributed by atoms with Crippen LogP contribution < -0.4 is 24.4 Å². The summed E-state index contributed by atoms with van der Waals surface area (Å²) in [6.07, 6.45) is 3.05. The van der Waals surface area contributed by atoms with Gasteiger partial charge >= 0.3 is 11.9 Å². The van der Waals surface area contributed by atoms with E-state index in [-0.39, 0.29) is 23.7 Å². The maximum Gasteiger partial charge on any atom is 0.338 e. The molecule has 0 saturated heterocycles. The highest BCUT2D eigenvalue weighted by molar-refractivity contribution is 7.07. The van der Waals surface area contributed by atoms with E-state index >= 15 is 0 Å². The fraction of sp³-hybridized carbons (Fsp3) is 0.161. The summed E-state index contributed by atoms with van der Waals surface area (Å²) in [5.74, 6) is 0.135. The molecule has 0 amide bonds. The average Bonchev–Trinajstić information content (AvgIpc) is 3.56. The predicted octanol–water partition coefficient (Wildman–Crippen LogP) is 5.47. The lowest BCUT2D eigenvalue weighted by atomic mass is 9.95. The number of benzene rings is 2. The smallest absolute Gasteiger partial charge is 0.338 e. The summed E-state index contributed by atoms with van der Waals surface area (Å²) in [5, 5.41) is 0.742. The van der Waals surface area contributed by atoms with Crippen LogP contribution in [0.2, 0.25) is 10.0 Å². The lowest BCUT2D eigenvalue weighted by molar-refractivity contribution is -0.138. The van der Waals surface area contributed by atoms with Gasteiger partial charge in [0.2, 0.25) is 0 Å². The van der Waals surface area contributed by atoms with Crippen LogP contribution in [0, 0.1) is 0 Å². The van der Waals surface area contributed by atoms with E-state index < -0.39 is 23.5 Å². The Balaban J connectivity index is 1.65. The molecule has 0 aliphatic carbocycles. The Morgan fingerprint density at radius 2 is 1.95 bits per heavy atom. The molecule has 1 aliphatic rings. The number of allylic oxidation sites excluding steroid dienone is 1. The minimum atomic E-state index is -0.923. The quantitative estimate of drug-likeness (QED) is 0.143. The summed E-state index contributed by atoms with van der Waals surface area (Å²) in [4.78, 5) is 43.8. The number of methoxy groups -OCH3 is 1. The van der Waals surface area contributed by atoms with Gasteiger partial charge in [0.15, 0.2) is 16.3 Å². The molecule has 0 spiro atoms. The number of esters is 2. The van der Waals surface area contributed by atoms with Gasteiger partial charge < -0.3 is 18.6 Å². The van der Waals surface area contributed by atoms with Gasteiger partial charge in [0.25, 0.3) is 5.56 Å². The SMILES string of the molecule is C=CCOC(=O)C1=C(C)N=c2s/c(=C\c3ccc(-c4cccc(Cl)c4Cl)o3)c(=O)n2C1c1ccc(OC(C)=O)c(OC)c1. The van der Waals surface area contributed by atoms with E-state index in [0.29, 0.717) is 47.7 Å². The number of hydrogen-bond acceptors (Lipinski definition) is 9. The molecule has 1 unspecified atom stereocenters. The molecular weight excluding hydrogens is 615 g/mol. The molecule has 0 fully saturated rings. The first-order valence-electron chi connectivity index (χ1n) is 12.8. The van der Waals surface area contributed by atoms with Gasteiger partial charge in [0.1, 0.15) is 18.1 Å².